The first-order valence-electron chi connectivity index (χ1n) is 6.14. The molecule has 0 bridgehead atoms. The molecular weight excluding hydrogens is 285 g/mol. The molecule has 0 aliphatic carbocycles. The first kappa shape index (κ1) is 16.8. The zero-order valence-electron chi connectivity index (χ0n) is 11.7. The number of nitrogens with two attached hydrogens (primary N) is 1. The number of alkyl halides is 3. The molecule has 4 N–H and O–H groups in total. The molecule has 1 aromatic rings. The molecule has 1 aromatic carbocycles. The van der Waals surface area contributed by atoms with Crippen LogP contribution in [0.15, 0.2) is 23.2 Å². The number of halogens is 3. The van der Waals surface area contributed by atoms with E-state index in [0.717, 1.165) is 11.1 Å². The standard InChI is InChI=1S/C13H17F3N4O/c1-8-3-9(2)5-10(4-8)20-12(17)18-6-11(21)19-7-13(14,15)16/h3-5H,6-7H2,1-2H3,(H,19,21)(H3,17,18,20). The number of anilines is 1. The van der Waals surface area contributed by atoms with E-state index in [9.17, 15) is 18.0 Å². The number of nitrogens with zero attached hydrogens (tertiary/aromatic N) is 1. The van der Waals surface area contributed by atoms with Crippen LogP contribution in [0.2, 0.25) is 0 Å². The van der Waals surface area contributed by atoms with E-state index in [1.165, 1.54) is 0 Å². The maximum Gasteiger partial charge on any atom is 0.405 e. The third kappa shape index (κ3) is 7.19. The van der Waals surface area contributed by atoms with Crippen LogP contribution in [-0.2, 0) is 4.79 Å². The molecule has 0 radical (unpaired) electrons. The van der Waals surface area contributed by atoms with E-state index in [4.69, 9.17) is 5.73 Å². The molecule has 0 atom stereocenters. The third-order valence-electron chi connectivity index (χ3n) is 2.37. The highest BCUT2D eigenvalue weighted by atomic mass is 19.4. The lowest BCUT2D eigenvalue weighted by atomic mass is 10.1. The Kier molecular flexibility index (Phi) is 5.57. The van der Waals surface area contributed by atoms with E-state index < -0.39 is 25.2 Å². The van der Waals surface area contributed by atoms with Gasteiger partial charge in [0, 0.05) is 5.69 Å². The first-order chi connectivity index (χ1) is 9.65. The highest BCUT2D eigenvalue weighted by Gasteiger charge is 2.27. The number of hydrogen-bond acceptors (Lipinski definition) is 2. The van der Waals surface area contributed by atoms with E-state index >= 15 is 0 Å². The highest BCUT2D eigenvalue weighted by Crippen LogP contribution is 2.13. The van der Waals surface area contributed by atoms with Crippen molar-refractivity contribution in [2.75, 3.05) is 18.4 Å². The Morgan fingerprint density at radius 3 is 2.33 bits per heavy atom. The number of nitrogens with one attached hydrogen (secondary N) is 2. The van der Waals surface area contributed by atoms with Crippen molar-refractivity contribution in [2.24, 2.45) is 10.7 Å². The molecule has 5 nitrogen and oxygen atoms in total. The van der Waals surface area contributed by atoms with E-state index in [1.807, 2.05) is 32.0 Å². The van der Waals surface area contributed by atoms with Gasteiger partial charge < -0.3 is 16.4 Å². The van der Waals surface area contributed by atoms with Crippen LogP contribution >= 0.6 is 0 Å². The molecule has 116 valence electrons. The predicted octanol–water partition coefficient (Wildman–Crippen LogP) is 1.71. The Balaban J connectivity index is 2.51. The quantitative estimate of drug-likeness (QED) is 0.585. The number of carbonyl (C=O) groups excluding carboxylic acids is 1. The van der Waals surface area contributed by atoms with Crippen molar-refractivity contribution in [1.29, 1.82) is 0 Å². The zero-order chi connectivity index (χ0) is 16.0. The van der Waals surface area contributed by atoms with Gasteiger partial charge in [0.2, 0.25) is 5.91 Å². The third-order valence-corrected chi connectivity index (χ3v) is 2.37. The average molecular weight is 302 g/mol. The maximum absolute atomic E-state index is 11.9. The fraction of sp³-hybridized carbons (Fsp3) is 0.385. The minimum atomic E-state index is -4.44. The van der Waals surface area contributed by atoms with Crippen molar-refractivity contribution in [3.05, 3.63) is 29.3 Å². The van der Waals surface area contributed by atoms with Crippen molar-refractivity contribution >= 4 is 17.6 Å². The maximum atomic E-state index is 11.9. The number of hydrogen-bond donors (Lipinski definition) is 3. The van der Waals surface area contributed by atoms with Crippen molar-refractivity contribution in [3.8, 4) is 0 Å². The molecule has 0 aromatic heterocycles. The number of rotatable bonds is 4. The molecule has 0 heterocycles. The molecule has 0 aliphatic rings. The summed E-state index contributed by atoms with van der Waals surface area (Å²) < 4.78 is 35.7. The molecular formula is C13H17F3N4O. The number of aryl methyl sites for hydroxylation is 2. The van der Waals surface area contributed by atoms with Crippen LogP contribution < -0.4 is 16.4 Å². The van der Waals surface area contributed by atoms with Gasteiger partial charge in [0.25, 0.3) is 0 Å². The van der Waals surface area contributed by atoms with Crippen LogP contribution in [0.5, 0.6) is 0 Å². The number of carbonyl (C=O) groups is 1. The van der Waals surface area contributed by atoms with Gasteiger partial charge in [-0.15, -0.1) is 0 Å². The summed E-state index contributed by atoms with van der Waals surface area (Å²) in [5, 5.41) is 4.48. The SMILES string of the molecule is Cc1cc(C)cc(NC(N)=NCC(=O)NCC(F)(F)F)c1. The molecule has 21 heavy (non-hydrogen) atoms. The smallest absolute Gasteiger partial charge is 0.370 e. The number of guanidine groups is 1. The van der Waals surface area contributed by atoms with Crippen LogP contribution in [0.1, 0.15) is 11.1 Å². The minimum absolute atomic E-state index is 0.0397. The van der Waals surface area contributed by atoms with Gasteiger partial charge in [0.05, 0.1) is 0 Å². The normalized spacial score (nSPS) is 12.1. The highest BCUT2D eigenvalue weighted by molar-refractivity contribution is 5.94. The molecule has 0 saturated carbocycles. The van der Waals surface area contributed by atoms with Gasteiger partial charge in [-0.05, 0) is 37.1 Å². The van der Waals surface area contributed by atoms with Crippen LogP contribution in [0.3, 0.4) is 0 Å². The van der Waals surface area contributed by atoms with Gasteiger partial charge in [-0.25, -0.2) is 4.99 Å². The molecule has 8 heteroatoms. The summed E-state index contributed by atoms with van der Waals surface area (Å²) in [4.78, 5) is 14.8. The Hall–Kier alpha value is -2.25. The summed E-state index contributed by atoms with van der Waals surface area (Å²) in [5.41, 5.74) is 8.31. The molecule has 0 unspecified atom stereocenters. The van der Waals surface area contributed by atoms with Crippen molar-refractivity contribution in [2.45, 2.75) is 20.0 Å². The molecule has 1 amide bonds. The number of aliphatic imine (C=N–C) groups is 1. The van der Waals surface area contributed by atoms with Crippen LogP contribution in [0.25, 0.3) is 0 Å². The lowest BCUT2D eigenvalue weighted by molar-refractivity contribution is -0.137. The second-order valence-corrected chi connectivity index (χ2v) is 4.59. The van der Waals surface area contributed by atoms with Crippen molar-refractivity contribution in [3.63, 3.8) is 0 Å². The molecule has 0 saturated heterocycles. The molecule has 0 aliphatic heterocycles. The van der Waals surface area contributed by atoms with E-state index in [1.54, 1.807) is 5.32 Å². The fourth-order valence-electron chi connectivity index (χ4n) is 1.65. The summed E-state index contributed by atoms with van der Waals surface area (Å²) in [6.07, 6.45) is -4.44. The van der Waals surface area contributed by atoms with Crippen molar-refractivity contribution < 1.29 is 18.0 Å². The number of benzene rings is 1. The summed E-state index contributed by atoms with van der Waals surface area (Å²) >= 11 is 0. The van der Waals surface area contributed by atoms with E-state index in [0.29, 0.717) is 5.69 Å². The summed E-state index contributed by atoms with van der Waals surface area (Å²) in [7, 11) is 0. The van der Waals surface area contributed by atoms with Gasteiger partial charge in [-0.1, -0.05) is 6.07 Å². The first-order valence-corrected chi connectivity index (χ1v) is 6.14. The number of amides is 1. The average Bonchev–Trinajstić information content (AvgIpc) is 2.31. The second kappa shape index (κ2) is 6.96. The summed E-state index contributed by atoms with van der Waals surface area (Å²) in [6.45, 7) is 1.97. The molecule has 1 rings (SSSR count). The Labute approximate surface area is 120 Å². The molecule has 0 fully saturated rings. The lowest BCUT2D eigenvalue weighted by Gasteiger charge is -2.09. The van der Waals surface area contributed by atoms with Crippen LogP contribution in [-0.4, -0.2) is 31.1 Å². The minimum Gasteiger partial charge on any atom is -0.370 e. The largest absolute Gasteiger partial charge is 0.405 e. The fourth-order valence-corrected chi connectivity index (χ4v) is 1.65. The Morgan fingerprint density at radius 1 is 1.24 bits per heavy atom. The van der Waals surface area contributed by atoms with Gasteiger partial charge in [-0.2, -0.15) is 13.2 Å². The van der Waals surface area contributed by atoms with Gasteiger partial charge in [0.15, 0.2) is 5.96 Å². The summed E-state index contributed by atoms with van der Waals surface area (Å²) in [5.74, 6) is -0.889. The lowest BCUT2D eigenvalue weighted by Crippen LogP contribution is -2.35. The van der Waals surface area contributed by atoms with Crippen molar-refractivity contribution in [1.82, 2.24) is 5.32 Å². The van der Waals surface area contributed by atoms with Crippen LogP contribution in [0.4, 0.5) is 18.9 Å². The van der Waals surface area contributed by atoms with Crippen LogP contribution in [0, 0.1) is 13.8 Å². The topological polar surface area (TPSA) is 79.5 Å². The summed E-state index contributed by atoms with van der Waals surface area (Å²) in [6, 6.07) is 5.64. The Bertz CT molecular complexity index is 520. The van der Waals surface area contributed by atoms with Gasteiger partial charge in [0.1, 0.15) is 13.1 Å². The zero-order valence-corrected chi connectivity index (χ0v) is 11.7. The van der Waals surface area contributed by atoms with Gasteiger partial charge >= 0.3 is 6.18 Å². The van der Waals surface area contributed by atoms with Gasteiger partial charge in [-0.3, -0.25) is 4.79 Å². The molecule has 0 spiro atoms. The predicted molar refractivity (Wildman–Crippen MR) is 75.1 cm³/mol. The second-order valence-electron chi connectivity index (χ2n) is 4.59. The van der Waals surface area contributed by atoms with E-state index in [2.05, 4.69) is 10.3 Å². The monoisotopic (exact) mass is 302 g/mol. The Morgan fingerprint density at radius 2 is 1.81 bits per heavy atom. The van der Waals surface area contributed by atoms with E-state index in [-0.39, 0.29) is 5.96 Å².